The van der Waals surface area contributed by atoms with Crippen molar-refractivity contribution in [2.75, 3.05) is 6.61 Å². The van der Waals surface area contributed by atoms with E-state index < -0.39 is 0 Å². The average Bonchev–Trinajstić information content (AvgIpc) is 2.12. The van der Waals surface area contributed by atoms with Crippen LogP contribution in [0.3, 0.4) is 0 Å². The maximum atomic E-state index is 11.0. The van der Waals surface area contributed by atoms with Gasteiger partial charge in [-0.05, 0) is 20.3 Å². The van der Waals surface area contributed by atoms with E-state index >= 15 is 0 Å². The van der Waals surface area contributed by atoms with Gasteiger partial charge >= 0.3 is 5.97 Å². The fourth-order valence-corrected chi connectivity index (χ4v) is 0.716. The van der Waals surface area contributed by atoms with Crippen LogP contribution in [0.15, 0.2) is 36.5 Å². The van der Waals surface area contributed by atoms with E-state index in [4.69, 9.17) is 4.74 Å². The minimum Gasteiger partial charge on any atom is -0.463 e. The average molecular weight is 180 g/mol. The highest BCUT2D eigenvalue weighted by Gasteiger charge is 2.04. The van der Waals surface area contributed by atoms with Crippen molar-refractivity contribution in [3.05, 3.63) is 36.5 Å². The van der Waals surface area contributed by atoms with Crippen LogP contribution in [0.1, 0.15) is 20.3 Å². The zero-order valence-corrected chi connectivity index (χ0v) is 8.25. The van der Waals surface area contributed by atoms with Gasteiger partial charge in [0.15, 0.2) is 0 Å². The van der Waals surface area contributed by atoms with E-state index in [9.17, 15) is 4.79 Å². The molecule has 0 saturated heterocycles. The number of carbonyl (C=O) groups is 1. The molecule has 0 aliphatic heterocycles. The molecule has 0 saturated carbocycles. The first kappa shape index (κ1) is 11.7. The van der Waals surface area contributed by atoms with E-state index in [1.54, 1.807) is 6.92 Å². The second-order valence-corrected chi connectivity index (χ2v) is 2.48. The van der Waals surface area contributed by atoms with E-state index in [0.29, 0.717) is 18.6 Å². The SMILES string of the molecule is C=C(C/C=C/C=C/C)C(=O)OCC. The topological polar surface area (TPSA) is 26.3 Å². The molecule has 72 valence electrons. The lowest BCUT2D eigenvalue weighted by Gasteiger charge is -2.00. The Bertz CT molecular complexity index is 224. The molecule has 0 amide bonds. The molecule has 2 nitrogen and oxygen atoms in total. The summed E-state index contributed by atoms with van der Waals surface area (Å²) in [6.07, 6.45) is 8.12. The molecule has 0 aliphatic rings. The van der Waals surface area contributed by atoms with Gasteiger partial charge in [-0.25, -0.2) is 4.79 Å². The Hall–Kier alpha value is -1.31. The fourth-order valence-electron chi connectivity index (χ4n) is 0.716. The van der Waals surface area contributed by atoms with Crippen LogP contribution in [0.4, 0.5) is 0 Å². The molecule has 2 heteroatoms. The monoisotopic (exact) mass is 180 g/mol. The highest BCUT2D eigenvalue weighted by Crippen LogP contribution is 2.01. The Labute approximate surface area is 79.6 Å². The first-order chi connectivity index (χ1) is 6.22. The summed E-state index contributed by atoms with van der Waals surface area (Å²) in [5, 5.41) is 0. The van der Waals surface area contributed by atoms with Gasteiger partial charge in [-0.2, -0.15) is 0 Å². The van der Waals surface area contributed by atoms with Gasteiger partial charge in [0.1, 0.15) is 0 Å². The van der Waals surface area contributed by atoms with Crippen LogP contribution >= 0.6 is 0 Å². The predicted molar refractivity (Wildman–Crippen MR) is 54.3 cm³/mol. The van der Waals surface area contributed by atoms with E-state index in [0.717, 1.165) is 0 Å². The van der Waals surface area contributed by atoms with Crippen LogP contribution in [0.2, 0.25) is 0 Å². The van der Waals surface area contributed by atoms with Crippen molar-refractivity contribution >= 4 is 5.97 Å². The Morgan fingerprint density at radius 3 is 2.69 bits per heavy atom. The van der Waals surface area contributed by atoms with Crippen molar-refractivity contribution in [2.45, 2.75) is 20.3 Å². The largest absolute Gasteiger partial charge is 0.463 e. The van der Waals surface area contributed by atoms with Gasteiger partial charge in [0.05, 0.1) is 6.61 Å². The summed E-state index contributed by atoms with van der Waals surface area (Å²) in [6.45, 7) is 7.73. The second-order valence-electron chi connectivity index (χ2n) is 2.48. The van der Waals surface area contributed by atoms with Crippen molar-refractivity contribution in [1.29, 1.82) is 0 Å². The first-order valence-electron chi connectivity index (χ1n) is 4.35. The molecule has 0 aromatic heterocycles. The molecule has 0 aliphatic carbocycles. The van der Waals surface area contributed by atoms with E-state index in [1.165, 1.54) is 0 Å². The Balaban J connectivity index is 3.80. The van der Waals surface area contributed by atoms with Crippen molar-refractivity contribution in [3.8, 4) is 0 Å². The van der Waals surface area contributed by atoms with E-state index in [1.807, 2.05) is 31.2 Å². The van der Waals surface area contributed by atoms with Crippen LogP contribution in [0, 0.1) is 0 Å². The molecule has 0 aromatic rings. The third-order valence-corrected chi connectivity index (χ3v) is 1.37. The standard InChI is InChI=1S/C11H16O2/c1-4-6-7-8-9-10(3)11(12)13-5-2/h4,6-8H,3,5,9H2,1-2H3/b6-4+,8-7+. The highest BCUT2D eigenvalue weighted by atomic mass is 16.5. The Morgan fingerprint density at radius 2 is 2.15 bits per heavy atom. The molecule has 0 aromatic carbocycles. The number of ether oxygens (including phenoxy) is 1. The number of allylic oxidation sites excluding steroid dienone is 4. The highest BCUT2D eigenvalue weighted by molar-refractivity contribution is 5.87. The summed E-state index contributed by atoms with van der Waals surface area (Å²) >= 11 is 0. The molecule has 0 unspecified atom stereocenters. The number of esters is 1. The van der Waals surface area contributed by atoms with Gasteiger partial charge in [0.2, 0.25) is 0 Å². The number of hydrogen-bond acceptors (Lipinski definition) is 2. The zero-order valence-electron chi connectivity index (χ0n) is 8.25. The fraction of sp³-hybridized carbons (Fsp3) is 0.364. The van der Waals surface area contributed by atoms with E-state index in [2.05, 4.69) is 6.58 Å². The smallest absolute Gasteiger partial charge is 0.333 e. The molecule has 0 rings (SSSR count). The maximum absolute atomic E-state index is 11.0. The van der Waals surface area contributed by atoms with Crippen LogP contribution in [0.5, 0.6) is 0 Å². The molecule has 0 radical (unpaired) electrons. The van der Waals surface area contributed by atoms with Crippen molar-refractivity contribution < 1.29 is 9.53 Å². The van der Waals surface area contributed by atoms with Gasteiger partial charge in [-0.1, -0.05) is 30.9 Å². The third-order valence-electron chi connectivity index (χ3n) is 1.37. The summed E-state index contributed by atoms with van der Waals surface area (Å²) in [6, 6.07) is 0. The summed E-state index contributed by atoms with van der Waals surface area (Å²) < 4.78 is 4.77. The summed E-state index contributed by atoms with van der Waals surface area (Å²) in [4.78, 5) is 11.0. The van der Waals surface area contributed by atoms with Crippen LogP contribution in [-0.4, -0.2) is 12.6 Å². The Kier molecular flexibility index (Phi) is 6.60. The molecule has 0 bridgehead atoms. The van der Waals surface area contributed by atoms with Crippen LogP contribution in [-0.2, 0) is 9.53 Å². The maximum Gasteiger partial charge on any atom is 0.333 e. The summed E-state index contributed by atoms with van der Waals surface area (Å²) in [5.41, 5.74) is 0.489. The van der Waals surface area contributed by atoms with Crippen molar-refractivity contribution in [1.82, 2.24) is 0 Å². The lowest BCUT2D eigenvalue weighted by atomic mass is 10.2. The third kappa shape index (κ3) is 5.91. The lowest BCUT2D eigenvalue weighted by molar-refractivity contribution is -0.138. The number of rotatable bonds is 5. The molecule has 0 heterocycles. The molecule has 0 spiro atoms. The van der Waals surface area contributed by atoms with E-state index in [-0.39, 0.29) is 5.97 Å². The zero-order chi connectivity index (χ0) is 10.1. The van der Waals surface area contributed by atoms with Crippen molar-refractivity contribution in [2.24, 2.45) is 0 Å². The summed E-state index contributed by atoms with van der Waals surface area (Å²) in [5.74, 6) is -0.312. The molecular weight excluding hydrogens is 164 g/mol. The van der Waals surface area contributed by atoms with Crippen molar-refractivity contribution in [3.63, 3.8) is 0 Å². The van der Waals surface area contributed by atoms with Crippen LogP contribution in [0.25, 0.3) is 0 Å². The molecule has 0 atom stereocenters. The quantitative estimate of drug-likeness (QED) is 0.369. The molecule has 0 fully saturated rings. The first-order valence-corrected chi connectivity index (χ1v) is 4.35. The lowest BCUT2D eigenvalue weighted by Crippen LogP contribution is -2.05. The normalized spacial score (nSPS) is 10.9. The minimum atomic E-state index is -0.312. The van der Waals surface area contributed by atoms with Crippen LogP contribution < -0.4 is 0 Å². The number of carbonyl (C=O) groups excluding carboxylic acids is 1. The minimum absolute atomic E-state index is 0.312. The van der Waals surface area contributed by atoms with Gasteiger partial charge in [0, 0.05) is 5.57 Å². The molecular formula is C11H16O2. The van der Waals surface area contributed by atoms with Gasteiger partial charge in [-0.3, -0.25) is 0 Å². The summed E-state index contributed by atoms with van der Waals surface area (Å²) in [7, 11) is 0. The van der Waals surface area contributed by atoms with Gasteiger partial charge < -0.3 is 4.74 Å². The number of hydrogen-bond donors (Lipinski definition) is 0. The molecule has 13 heavy (non-hydrogen) atoms. The second kappa shape index (κ2) is 7.35. The van der Waals surface area contributed by atoms with Gasteiger partial charge in [0.25, 0.3) is 0 Å². The van der Waals surface area contributed by atoms with Gasteiger partial charge in [-0.15, -0.1) is 0 Å². The molecule has 0 N–H and O–H groups in total. The predicted octanol–water partition coefficient (Wildman–Crippen LogP) is 2.63. The Morgan fingerprint density at radius 1 is 1.46 bits per heavy atom.